The SMILES string of the molecule is O=C(Cc1ccc2c(cnn2-c2ccc(N=Cc3nccs3)cc2)c1)c1ccc(N2CCOCC2)cc1. The predicted octanol–water partition coefficient (Wildman–Crippen LogP) is 5.49. The lowest BCUT2D eigenvalue weighted by molar-refractivity contribution is 0.0993. The van der Waals surface area contributed by atoms with Gasteiger partial charge in [0.05, 0.1) is 42.5 Å². The van der Waals surface area contributed by atoms with Crippen molar-refractivity contribution in [2.45, 2.75) is 6.42 Å². The highest BCUT2D eigenvalue weighted by Gasteiger charge is 2.13. The first-order valence-corrected chi connectivity index (χ1v) is 13.1. The third kappa shape index (κ3) is 5.21. The zero-order valence-corrected chi connectivity index (χ0v) is 21.0. The van der Waals surface area contributed by atoms with E-state index in [-0.39, 0.29) is 5.78 Å². The molecule has 2 aromatic heterocycles. The van der Waals surface area contributed by atoms with Crippen LogP contribution in [-0.4, -0.2) is 53.1 Å². The first kappa shape index (κ1) is 23.3. The lowest BCUT2D eigenvalue weighted by atomic mass is 10.0. The smallest absolute Gasteiger partial charge is 0.167 e. The van der Waals surface area contributed by atoms with Gasteiger partial charge in [0.2, 0.25) is 0 Å². The Labute approximate surface area is 218 Å². The number of morpholine rings is 1. The van der Waals surface area contributed by atoms with E-state index in [0.717, 1.165) is 70.4 Å². The van der Waals surface area contributed by atoms with Gasteiger partial charge in [0.1, 0.15) is 5.01 Å². The summed E-state index contributed by atoms with van der Waals surface area (Å²) in [5, 5.41) is 8.39. The van der Waals surface area contributed by atoms with Crippen molar-refractivity contribution in [3.05, 3.63) is 101 Å². The van der Waals surface area contributed by atoms with Crippen molar-refractivity contribution >= 4 is 45.6 Å². The number of nitrogens with zero attached hydrogens (tertiary/aromatic N) is 5. The molecule has 0 radical (unpaired) electrons. The monoisotopic (exact) mass is 507 g/mol. The Balaban J connectivity index is 1.14. The molecule has 184 valence electrons. The Morgan fingerprint density at radius 3 is 2.54 bits per heavy atom. The number of aliphatic imine (C=N–C) groups is 1. The Morgan fingerprint density at radius 2 is 1.78 bits per heavy atom. The van der Waals surface area contributed by atoms with Crippen LogP contribution >= 0.6 is 11.3 Å². The van der Waals surface area contributed by atoms with E-state index in [4.69, 9.17) is 4.74 Å². The van der Waals surface area contributed by atoms with Gasteiger partial charge in [-0.05, 0) is 66.2 Å². The second kappa shape index (κ2) is 10.5. The van der Waals surface area contributed by atoms with Crippen molar-refractivity contribution in [2.75, 3.05) is 31.2 Å². The third-order valence-electron chi connectivity index (χ3n) is 6.43. The van der Waals surface area contributed by atoms with Crippen LogP contribution in [-0.2, 0) is 11.2 Å². The van der Waals surface area contributed by atoms with E-state index < -0.39 is 0 Å². The zero-order chi connectivity index (χ0) is 25.0. The number of Topliss-reactive ketones (excluding diaryl/α,β-unsaturated/α-hetero) is 1. The summed E-state index contributed by atoms with van der Waals surface area (Å²) in [6.45, 7) is 3.25. The quantitative estimate of drug-likeness (QED) is 0.215. The number of anilines is 1. The summed E-state index contributed by atoms with van der Waals surface area (Å²) in [5.74, 6) is 0.106. The summed E-state index contributed by atoms with van der Waals surface area (Å²) < 4.78 is 7.33. The van der Waals surface area contributed by atoms with Gasteiger partial charge in [0.15, 0.2) is 5.78 Å². The Hall–Kier alpha value is -4.14. The van der Waals surface area contributed by atoms with Gasteiger partial charge in [-0.15, -0.1) is 11.3 Å². The minimum absolute atomic E-state index is 0.106. The number of thiazole rings is 1. The number of aromatic nitrogens is 3. The van der Waals surface area contributed by atoms with E-state index in [0.29, 0.717) is 6.42 Å². The number of carbonyl (C=O) groups is 1. The van der Waals surface area contributed by atoms with Crippen LogP contribution in [0.5, 0.6) is 0 Å². The highest BCUT2D eigenvalue weighted by molar-refractivity contribution is 7.11. The number of benzene rings is 3. The van der Waals surface area contributed by atoms with Crippen molar-refractivity contribution in [3.63, 3.8) is 0 Å². The van der Waals surface area contributed by atoms with Crippen LogP contribution < -0.4 is 4.90 Å². The summed E-state index contributed by atoms with van der Waals surface area (Å²) in [6.07, 6.45) is 5.73. The van der Waals surface area contributed by atoms with Crippen molar-refractivity contribution in [1.82, 2.24) is 14.8 Å². The van der Waals surface area contributed by atoms with Crippen molar-refractivity contribution in [2.24, 2.45) is 4.99 Å². The van der Waals surface area contributed by atoms with Crippen LogP contribution in [0.4, 0.5) is 11.4 Å². The fraction of sp³-hybridized carbons (Fsp3) is 0.172. The molecule has 7 nitrogen and oxygen atoms in total. The molecule has 1 saturated heterocycles. The van der Waals surface area contributed by atoms with Gasteiger partial charge in [0.25, 0.3) is 0 Å². The number of fused-ring (bicyclic) bond motifs is 1. The second-order valence-electron chi connectivity index (χ2n) is 8.84. The van der Waals surface area contributed by atoms with Crippen LogP contribution in [0.1, 0.15) is 20.9 Å². The maximum Gasteiger partial charge on any atom is 0.167 e. The fourth-order valence-electron chi connectivity index (χ4n) is 4.47. The van der Waals surface area contributed by atoms with Gasteiger partial charge in [-0.3, -0.25) is 9.79 Å². The first-order chi connectivity index (χ1) is 18.2. The Kier molecular flexibility index (Phi) is 6.58. The van der Waals surface area contributed by atoms with Gasteiger partial charge in [0, 0.05) is 47.7 Å². The standard InChI is InChI=1S/C29H25N5O2S/c35-28(22-2-6-25(7-3-22)33-12-14-36-15-13-33)18-21-1-10-27-23(17-21)19-32-34(27)26-8-4-24(5-9-26)31-20-29-30-11-16-37-29/h1-11,16-17,19-20H,12-15,18H2. The van der Waals surface area contributed by atoms with Crippen LogP contribution in [0, 0.1) is 0 Å². The van der Waals surface area contributed by atoms with E-state index in [1.807, 2.05) is 83.0 Å². The summed E-state index contributed by atoms with van der Waals surface area (Å²) in [4.78, 5) is 23.9. The molecule has 0 bridgehead atoms. The normalized spacial score (nSPS) is 14.0. The van der Waals surface area contributed by atoms with Crippen LogP contribution in [0.25, 0.3) is 16.6 Å². The van der Waals surface area contributed by atoms with Gasteiger partial charge >= 0.3 is 0 Å². The zero-order valence-electron chi connectivity index (χ0n) is 20.2. The van der Waals surface area contributed by atoms with Crippen molar-refractivity contribution < 1.29 is 9.53 Å². The van der Waals surface area contributed by atoms with Gasteiger partial charge in [-0.1, -0.05) is 6.07 Å². The van der Waals surface area contributed by atoms with E-state index in [1.165, 1.54) is 0 Å². The molecule has 0 unspecified atom stereocenters. The molecule has 1 fully saturated rings. The maximum absolute atomic E-state index is 13.0. The number of hydrogen-bond acceptors (Lipinski definition) is 7. The molecule has 3 aromatic carbocycles. The Morgan fingerprint density at radius 1 is 1.00 bits per heavy atom. The molecule has 0 amide bonds. The maximum atomic E-state index is 13.0. The molecule has 37 heavy (non-hydrogen) atoms. The first-order valence-electron chi connectivity index (χ1n) is 12.2. The van der Waals surface area contributed by atoms with Crippen LogP contribution in [0.2, 0.25) is 0 Å². The lowest BCUT2D eigenvalue weighted by Crippen LogP contribution is -2.36. The number of carbonyl (C=O) groups excluding carboxylic acids is 1. The van der Waals surface area contributed by atoms with Crippen LogP contribution in [0.3, 0.4) is 0 Å². The fourth-order valence-corrected chi connectivity index (χ4v) is 4.97. The highest BCUT2D eigenvalue weighted by Crippen LogP contribution is 2.23. The van der Waals surface area contributed by atoms with Gasteiger partial charge in [-0.2, -0.15) is 5.10 Å². The molecule has 0 N–H and O–H groups in total. The summed E-state index contributed by atoms with van der Waals surface area (Å²) in [7, 11) is 0. The van der Waals surface area contributed by atoms with E-state index >= 15 is 0 Å². The molecule has 5 aromatic rings. The van der Waals surface area contributed by atoms with Gasteiger partial charge in [-0.25, -0.2) is 9.67 Å². The molecule has 0 atom stereocenters. The lowest BCUT2D eigenvalue weighted by Gasteiger charge is -2.28. The molecular weight excluding hydrogens is 482 g/mol. The van der Waals surface area contributed by atoms with Gasteiger partial charge < -0.3 is 9.64 Å². The minimum atomic E-state index is 0.106. The Bertz CT molecular complexity index is 1530. The highest BCUT2D eigenvalue weighted by atomic mass is 32.1. The average molecular weight is 508 g/mol. The van der Waals surface area contributed by atoms with E-state index in [9.17, 15) is 4.79 Å². The number of ketones is 1. The third-order valence-corrected chi connectivity index (χ3v) is 7.14. The molecule has 6 rings (SSSR count). The molecule has 0 spiro atoms. The van der Waals surface area contributed by atoms with E-state index in [1.54, 1.807) is 23.7 Å². The molecular formula is C29H25N5O2S. The molecule has 0 aliphatic carbocycles. The topological polar surface area (TPSA) is 72.6 Å². The summed E-state index contributed by atoms with van der Waals surface area (Å²) in [5.41, 5.74) is 5.63. The predicted molar refractivity (Wildman–Crippen MR) is 148 cm³/mol. The van der Waals surface area contributed by atoms with Crippen molar-refractivity contribution in [3.8, 4) is 5.69 Å². The molecule has 1 aliphatic rings. The number of ether oxygens (including phenoxy) is 1. The molecule has 3 heterocycles. The minimum Gasteiger partial charge on any atom is -0.378 e. The van der Waals surface area contributed by atoms with Crippen molar-refractivity contribution in [1.29, 1.82) is 0 Å². The summed E-state index contributed by atoms with van der Waals surface area (Å²) in [6, 6.07) is 21.9. The second-order valence-corrected chi connectivity index (χ2v) is 9.77. The number of rotatable bonds is 7. The number of hydrogen-bond donors (Lipinski definition) is 0. The largest absolute Gasteiger partial charge is 0.378 e. The molecule has 0 saturated carbocycles. The molecule has 1 aliphatic heterocycles. The van der Waals surface area contributed by atoms with E-state index in [2.05, 4.69) is 20.0 Å². The average Bonchev–Trinajstić information content (AvgIpc) is 3.63. The molecule has 8 heteroatoms. The van der Waals surface area contributed by atoms with Crippen LogP contribution in [0.15, 0.2) is 89.5 Å². The summed E-state index contributed by atoms with van der Waals surface area (Å²) >= 11 is 1.55.